The van der Waals surface area contributed by atoms with Crippen LogP contribution < -0.4 is 5.32 Å². The van der Waals surface area contributed by atoms with E-state index in [1.807, 2.05) is 13.8 Å². The van der Waals surface area contributed by atoms with Crippen molar-refractivity contribution in [1.82, 2.24) is 5.32 Å². The summed E-state index contributed by atoms with van der Waals surface area (Å²) in [6.07, 6.45) is 0.574. The van der Waals surface area contributed by atoms with E-state index in [0.29, 0.717) is 6.42 Å². The number of rotatable bonds is 7. The summed E-state index contributed by atoms with van der Waals surface area (Å²) in [5.74, 6) is -0.645. The molecule has 152 valence electrons. The maximum atomic E-state index is 11.6. The van der Waals surface area contributed by atoms with Crippen LogP contribution in [0.3, 0.4) is 0 Å². The summed E-state index contributed by atoms with van der Waals surface area (Å²) in [6, 6.07) is -0.715. The second-order valence-electron chi connectivity index (χ2n) is 8.04. The smallest absolute Gasteiger partial charge is 0.320 e. The molecule has 0 aromatic heterocycles. The predicted octanol–water partition coefficient (Wildman–Crippen LogP) is 0.193. The summed E-state index contributed by atoms with van der Waals surface area (Å²) in [5, 5.41) is 52.1. The van der Waals surface area contributed by atoms with Crippen LogP contribution in [-0.2, 0) is 4.79 Å². The number of nitrogens with one attached hydrogen (secondary N) is 1. The van der Waals surface area contributed by atoms with Crippen molar-refractivity contribution in [2.24, 2.45) is 11.8 Å². The van der Waals surface area contributed by atoms with Gasteiger partial charge >= 0.3 is 5.97 Å². The molecule has 1 aliphatic heterocycles. The molecular formula is C18H33NO6S. The number of hydrogen-bond acceptors (Lipinski definition) is 7. The van der Waals surface area contributed by atoms with Gasteiger partial charge in [0.1, 0.15) is 12.1 Å². The van der Waals surface area contributed by atoms with Gasteiger partial charge in [-0.15, -0.1) is 11.8 Å². The number of carboxylic acid groups (broad SMARTS) is 1. The Kier molecular flexibility index (Phi) is 8.18. The normalized spacial score (nSPS) is 39.7. The van der Waals surface area contributed by atoms with Crippen molar-refractivity contribution < 1.29 is 30.3 Å². The highest BCUT2D eigenvalue weighted by atomic mass is 32.2. The highest BCUT2D eigenvalue weighted by Gasteiger charge is 2.48. The largest absolute Gasteiger partial charge is 0.480 e. The molecule has 2 aliphatic rings. The number of aliphatic hydroxyl groups excluding tert-OH is 4. The minimum Gasteiger partial charge on any atom is -0.480 e. The fraction of sp³-hybridized carbons (Fsp3) is 0.944. The first-order valence-electron chi connectivity index (χ1n) is 9.55. The first-order valence-corrected chi connectivity index (χ1v) is 10.5. The molecule has 2 fully saturated rings. The van der Waals surface area contributed by atoms with Crippen molar-refractivity contribution in [2.45, 2.75) is 86.8 Å². The lowest BCUT2D eigenvalue weighted by Crippen LogP contribution is -2.59. The molecule has 2 rings (SSSR count). The molecule has 1 aliphatic carbocycles. The summed E-state index contributed by atoms with van der Waals surface area (Å²) in [7, 11) is 0. The van der Waals surface area contributed by atoms with E-state index >= 15 is 0 Å². The van der Waals surface area contributed by atoms with Gasteiger partial charge in [-0.05, 0) is 31.1 Å². The minimum absolute atomic E-state index is 0.0195. The molecule has 7 nitrogen and oxygen atoms in total. The summed E-state index contributed by atoms with van der Waals surface area (Å²) < 4.78 is 0. The molecule has 1 saturated heterocycles. The average molecular weight is 392 g/mol. The Balaban J connectivity index is 2.15. The van der Waals surface area contributed by atoms with Gasteiger partial charge < -0.3 is 30.8 Å². The van der Waals surface area contributed by atoms with Crippen LogP contribution in [0.25, 0.3) is 0 Å². The van der Waals surface area contributed by atoms with Gasteiger partial charge in [-0.2, -0.15) is 0 Å². The lowest BCUT2D eigenvalue weighted by Gasteiger charge is -2.46. The lowest BCUT2D eigenvalue weighted by molar-refractivity contribution is -0.140. The van der Waals surface area contributed by atoms with Crippen LogP contribution in [0.5, 0.6) is 0 Å². The quantitative estimate of drug-likeness (QED) is 0.363. The molecule has 8 heteroatoms. The molecule has 2 unspecified atom stereocenters. The molecule has 26 heavy (non-hydrogen) atoms. The van der Waals surface area contributed by atoms with Crippen LogP contribution in [0, 0.1) is 11.8 Å². The van der Waals surface area contributed by atoms with Crippen molar-refractivity contribution in [3.8, 4) is 0 Å². The summed E-state index contributed by atoms with van der Waals surface area (Å²) in [5.41, 5.74) is 0. The highest BCUT2D eigenvalue weighted by molar-refractivity contribution is 8.00. The zero-order chi connectivity index (χ0) is 19.4. The van der Waals surface area contributed by atoms with E-state index in [2.05, 4.69) is 5.32 Å². The first kappa shape index (κ1) is 21.9. The van der Waals surface area contributed by atoms with Crippen LogP contribution in [0.4, 0.5) is 0 Å². The molecule has 6 N–H and O–H groups in total. The Morgan fingerprint density at radius 3 is 2.35 bits per heavy atom. The van der Waals surface area contributed by atoms with Crippen LogP contribution >= 0.6 is 11.8 Å². The average Bonchev–Trinajstić information content (AvgIpc) is 2.60. The zero-order valence-electron chi connectivity index (χ0n) is 15.5. The first-order chi connectivity index (χ1) is 12.3. The third-order valence-corrected chi connectivity index (χ3v) is 7.31. The van der Waals surface area contributed by atoms with Gasteiger partial charge in [0, 0.05) is 11.3 Å². The molecule has 0 radical (unpaired) electrons. The number of carbonyl (C=O) groups is 1. The van der Waals surface area contributed by atoms with E-state index < -0.39 is 35.6 Å². The number of aliphatic hydroxyl groups is 4. The van der Waals surface area contributed by atoms with Crippen LogP contribution in [-0.4, -0.2) is 79.0 Å². The van der Waals surface area contributed by atoms with Crippen LogP contribution in [0.1, 0.15) is 46.0 Å². The van der Waals surface area contributed by atoms with E-state index in [9.17, 15) is 30.3 Å². The summed E-state index contributed by atoms with van der Waals surface area (Å²) in [4.78, 5) is 11.6. The molecule has 0 aromatic carbocycles. The Morgan fingerprint density at radius 1 is 1.12 bits per heavy atom. The van der Waals surface area contributed by atoms with E-state index in [0.717, 1.165) is 25.7 Å². The molecular weight excluding hydrogens is 358 g/mol. The minimum atomic E-state index is -1.30. The second-order valence-corrected chi connectivity index (χ2v) is 9.46. The monoisotopic (exact) mass is 391 g/mol. The molecule has 8 atom stereocenters. The zero-order valence-corrected chi connectivity index (χ0v) is 16.3. The van der Waals surface area contributed by atoms with Gasteiger partial charge in [-0.25, -0.2) is 0 Å². The topological polar surface area (TPSA) is 130 Å². The van der Waals surface area contributed by atoms with Gasteiger partial charge in [0.15, 0.2) is 0 Å². The fourth-order valence-corrected chi connectivity index (χ4v) is 5.88. The Morgan fingerprint density at radius 2 is 1.77 bits per heavy atom. The predicted molar refractivity (Wildman–Crippen MR) is 100 cm³/mol. The SMILES string of the molecule is CC(C)C[C@H](NC1CCCCC1[C@@H]1S[C@H](CO)[C@H](O)[C@H](O)[C@H]1O)C(=O)O. The van der Waals surface area contributed by atoms with Crippen molar-refractivity contribution >= 4 is 17.7 Å². The second kappa shape index (κ2) is 9.71. The van der Waals surface area contributed by atoms with Crippen molar-refractivity contribution in [1.29, 1.82) is 0 Å². The third kappa shape index (κ3) is 5.11. The van der Waals surface area contributed by atoms with Gasteiger partial charge in [0.05, 0.1) is 24.1 Å². The summed E-state index contributed by atoms with van der Waals surface area (Å²) in [6.45, 7) is 3.70. The number of carboxylic acids is 1. The van der Waals surface area contributed by atoms with Crippen molar-refractivity contribution in [2.75, 3.05) is 6.61 Å². The van der Waals surface area contributed by atoms with Gasteiger partial charge in [0.2, 0.25) is 0 Å². The van der Waals surface area contributed by atoms with E-state index in [1.165, 1.54) is 11.8 Å². The molecule has 1 heterocycles. The number of hydrogen-bond donors (Lipinski definition) is 6. The van der Waals surface area contributed by atoms with Gasteiger partial charge in [-0.3, -0.25) is 4.79 Å². The molecule has 0 bridgehead atoms. The van der Waals surface area contributed by atoms with Crippen LogP contribution in [0.15, 0.2) is 0 Å². The number of thioether (sulfide) groups is 1. The molecule has 0 amide bonds. The van der Waals surface area contributed by atoms with Gasteiger partial charge in [0.25, 0.3) is 0 Å². The third-order valence-electron chi connectivity index (χ3n) is 5.59. The fourth-order valence-electron chi connectivity index (χ4n) is 4.21. The van der Waals surface area contributed by atoms with Crippen molar-refractivity contribution in [3.05, 3.63) is 0 Å². The Bertz CT molecular complexity index is 463. The van der Waals surface area contributed by atoms with E-state index in [4.69, 9.17) is 0 Å². The van der Waals surface area contributed by atoms with Gasteiger partial charge in [-0.1, -0.05) is 26.7 Å². The Labute approximate surface area is 159 Å². The van der Waals surface area contributed by atoms with E-state index in [1.54, 1.807) is 0 Å². The Hall–Kier alpha value is -0.380. The van der Waals surface area contributed by atoms with Crippen molar-refractivity contribution in [3.63, 3.8) is 0 Å². The lowest BCUT2D eigenvalue weighted by atomic mass is 9.78. The molecule has 0 spiro atoms. The summed E-state index contributed by atoms with van der Waals surface area (Å²) >= 11 is 1.31. The molecule has 1 saturated carbocycles. The van der Waals surface area contributed by atoms with E-state index in [-0.39, 0.29) is 29.7 Å². The van der Waals surface area contributed by atoms with Crippen LogP contribution in [0.2, 0.25) is 0 Å². The maximum Gasteiger partial charge on any atom is 0.320 e. The highest BCUT2D eigenvalue weighted by Crippen LogP contribution is 2.42. The maximum absolute atomic E-state index is 11.6. The standard InChI is InChI=1S/C18H33NO6S/c1-9(2)7-12(18(24)25)19-11-6-4-3-5-10(11)17-16(23)15(22)14(21)13(8-20)26-17/h9-17,19-23H,3-8H2,1-2H3,(H,24,25)/t10?,11?,12-,13+,14-,15-,16+,17-/m0/s1. The molecule has 0 aromatic rings. The number of aliphatic carboxylic acids is 1.